The van der Waals surface area contributed by atoms with Crippen molar-refractivity contribution < 1.29 is 9.53 Å². The molecule has 0 saturated carbocycles. The Kier molecular flexibility index (Phi) is 7.69. The number of hydrogen-bond donors (Lipinski definition) is 0. The average molecular weight is 424 g/mol. The molecule has 1 heterocycles. The Balaban J connectivity index is 1.76. The lowest BCUT2D eigenvalue weighted by atomic mass is 10.1. The zero-order valence-electron chi connectivity index (χ0n) is 17.3. The van der Waals surface area contributed by atoms with E-state index in [4.69, 9.17) is 16.3 Å². The number of halogens is 1. The summed E-state index contributed by atoms with van der Waals surface area (Å²) >= 11 is 6.13. The van der Waals surface area contributed by atoms with Gasteiger partial charge < -0.3 is 9.64 Å². The molecule has 6 heteroatoms. The number of ether oxygens (including phenoxy) is 1. The number of aromatic nitrogens is 1. The van der Waals surface area contributed by atoms with Crippen LogP contribution in [-0.4, -0.2) is 30.6 Å². The van der Waals surface area contributed by atoms with Crippen molar-refractivity contribution in [2.75, 3.05) is 29.5 Å². The number of benzene rings is 2. The van der Waals surface area contributed by atoms with Crippen molar-refractivity contribution in [1.29, 1.82) is 0 Å². The SMILES string of the molecule is CCN(CC)c1ccc(CN(C(=O)COc2ccccc2Cl)c2ccccn2)cc1. The summed E-state index contributed by atoms with van der Waals surface area (Å²) in [5, 5.41) is 0.474. The largest absolute Gasteiger partial charge is 0.482 e. The highest BCUT2D eigenvalue weighted by Gasteiger charge is 2.18. The van der Waals surface area contributed by atoms with Crippen LogP contribution < -0.4 is 14.5 Å². The third kappa shape index (κ3) is 5.51. The number of amides is 1. The Morgan fingerprint density at radius 2 is 1.67 bits per heavy atom. The molecule has 1 aromatic heterocycles. The third-order valence-electron chi connectivity index (χ3n) is 4.82. The minimum absolute atomic E-state index is 0.127. The molecule has 0 atom stereocenters. The van der Waals surface area contributed by atoms with Gasteiger partial charge in [0.15, 0.2) is 6.61 Å². The fourth-order valence-corrected chi connectivity index (χ4v) is 3.36. The molecule has 0 aliphatic carbocycles. The molecule has 1 amide bonds. The van der Waals surface area contributed by atoms with E-state index in [1.54, 1.807) is 23.2 Å². The molecule has 0 aliphatic rings. The molecule has 0 N–H and O–H groups in total. The van der Waals surface area contributed by atoms with E-state index in [9.17, 15) is 4.79 Å². The second-order valence-corrected chi connectivity index (χ2v) is 7.13. The van der Waals surface area contributed by atoms with Crippen LogP contribution in [-0.2, 0) is 11.3 Å². The highest BCUT2D eigenvalue weighted by molar-refractivity contribution is 6.32. The van der Waals surface area contributed by atoms with Crippen LogP contribution in [0.25, 0.3) is 0 Å². The maximum Gasteiger partial charge on any atom is 0.266 e. The summed E-state index contributed by atoms with van der Waals surface area (Å²) in [6.07, 6.45) is 1.67. The van der Waals surface area contributed by atoms with Gasteiger partial charge in [0.25, 0.3) is 5.91 Å². The zero-order valence-corrected chi connectivity index (χ0v) is 18.0. The molecule has 156 valence electrons. The van der Waals surface area contributed by atoms with Crippen LogP contribution in [0.3, 0.4) is 0 Å². The first-order valence-corrected chi connectivity index (χ1v) is 10.4. The van der Waals surface area contributed by atoms with E-state index < -0.39 is 0 Å². The zero-order chi connectivity index (χ0) is 21.3. The molecule has 0 radical (unpaired) electrons. The third-order valence-corrected chi connectivity index (χ3v) is 5.13. The monoisotopic (exact) mass is 423 g/mol. The van der Waals surface area contributed by atoms with Gasteiger partial charge in [-0.15, -0.1) is 0 Å². The highest BCUT2D eigenvalue weighted by atomic mass is 35.5. The van der Waals surface area contributed by atoms with Gasteiger partial charge in [0.1, 0.15) is 11.6 Å². The smallest absolute Gasteiger partial charge is 0.266 e. The van der Waals surface area contributed by atoms with Gasteiger partial charge in [0, 0.05) is 25.0 Å². The van der Waals surface area contributed by atoms with Crippen LogP contribution in [0.5, 0.6) is 5.75 Å². The van der Waals surface area contributed by atoms with E-state index in [-0.39, 0.29) is 12.5 Å². The van der Waals surface area contributed by atoms with Gasteiger partial charge in [-0.3, -0.25) is 9.69 Å². The number of carbonyl (C=O) groups is 1. The summed E-state index contributed by atoms with van der Waals surface area (Å²) in [6.45, 7) is 6.45. The lowest BCUT2D eigenvalue weighted by molar-refractivity contribution is -0.120. The molecule has 3 aromatic rings. The van der Waals surface area contributed by atoms with Gasteiger partial charge in [0.05, 0.1) is 11.6 Å². The normalized spacial score (nSPS) is 10.5. The Hall–Kier alpha value is -3.05. The van der Waals surface area contributed by atoms with Crippen molar-refractivity contribution in [3.8, 4) is 5.75 Å². The molecular formula is C24H26ClN3O2. The lowest BCUT2D eigenvalue weighted by Crippen LogP contribution is -2.35. The van der Waals surface area contributed by atoms with Gasteiger partial charge in [-0.05, 0) is 55.8 Å². The quantitative estimate of drug-likeness (QED) is 0.475. The van der Waals surface area contributed by atoms with Crippen LogP contribution in [0.2, 0.25) is 5.02 Å². The average Bonchev–Trinajstić information content (AvgIpc) is 2.79. The summed E-state index contributed by atoms with van der Waals surface area (Å²) < 4.78 is 5.66. The van der Waals surface area contributed by atoms with E-state index in [1.807, 2.05) is 42.5 Å². The van der Waals surface area contributed by atoms with Crippen molar-refractivity contribution in [3.63, 3.8) is 0 Å². The Bertz CT molecular complexity index is 944. The van der Waals surface area contributed by atoms with Crippen molar-refractivity contribution in [2.45, 2.75) is 20.4 Å². The standard InChI is InChI=1S/C24H26ClN3O2/c1-3-27(4-2)20-14-12-19(13-15-20)17-28(23-11-7-8-16-26-23)24(29)18-30-22-10-6-5-9-21(22)25/h5-16H,3-4,17-18H2,1-2H3. The first-order valence-electron chi connectivity index (χ1n) is 10.0. The summed E-state index contributed by atoms with van der Waals surface area (Å²) in [6, 6.07) is 20.9. The molecule has 5 nitrogen and oxygen atoms in total. The second-order valence-electron chi connectivity index (χ2n) is 6.73. The van der Waals surface area contributed by atoms with E-state index in [0.29, 0.717) is 23.1 Å². The molecule has 0 fully saturated rings. The van der Waals surface area contributed by atoms with Crippen molar-refractivity contribution in [2.24, 2.45) is 0 Å². The van der Waals surface area contributed by atoms with E-state index >= 15 is 0 Å². The second kappa shape index (κ2) is 10.6. The van der Waals surface area contributed by atoms with E-state index in [1.165, 1.54) is 5.69 Å². The molecule has 30 heavy (non-hydrogen) atoms. The Morgan fingerprint density at radius 1 is 0.967 bits per heavy atom. The summed E-state index contributed by atoms with van der Waals surface area (Å²) in [7, 11) is 0. The topological polar surface area (TPSA) is 45.7 Å². The highest BCUT2D eigenvalue weighted by Crippen LogP contribution is 2.24. The van der Waals surface area contributed by atoms with Crippen LogP contribution >= 0.6 is 11.6 Å². The minimum Gasteiger partial charge on any atom is -0.482 e. The van der Waals surface area contributed by atoms with Crippen LogP contribution in [0.4, 0.5) is 11.5 Å². The first-order chi connectivity index (χ1) is 14.6. The maximum atomic E-state index is 13.0. The lowest BCUT2D eigenvalue weighted by Gasteiger charge is -2.24. The fraction of sp³-hybridized carbons (Fsp3) is 0.250. The molecule has 3 rings (SSSR count). The van der Waals surface area contributed by atoms with Gasteiger partial charge >= 0.3 is 0 Å². The number of nitrogens with zero attached hydrogens (tertiary/aromatic N) is 3. The molecule has 2 aromatic carbocycles. The summed E-state index contributed by atoms with van der Waals surface area (Å²) in [5.74, 6) is 0.872. The summed E-state index contributed by atoms with van der Waals surface area (Å²) in [5.41, 5.74) is 2.18. The van der Waals surface area contributed by atoms with Gasteiger partial charge in [-0.1, -0.05) is 41.9 Å². The van der Waals surface area contributed by atoms with Crippen molar-refractivity contribution >= 4 is 29.0 Å². The molecule has 0 bridgehead atoms. The number of para-hydroxylation sites is 1. The number of rotatable bonds is 9. The van der Waals surface area contributed by atoms with Crippen molar-refractivity contribution in [3.05, 3.63) is 83.5 Å². The number of anilines is 2. The van der Waals surface area contributed by atoms with Gasteiger partial charge in [-0.25, -0.2) is 4.98 Å². The number of pyridine rings is 1. The maximum absolute atomic E-state index is 13.0. The number of carbonyl (C=O) groups excluding carboxylic acids is 1. The number of hydrogen-bond acceptors (Lipinski definition) is 4. The molecule has 0 unspecified atom stereocenters. The first kappa shape index (κ1) is 21.7. The van der Waals surface area contributed by atoms with Crippen LogP contribution in [0.15, 0.2) is 72.9 Å². The van der Waals surface area contributed by atoms with Crippen LogP contribution in [0.1, 0.15) is 19.4 Å². The predicted molar refractivity (Wildman–Crippen MR) is 122 cm³/mol. The molecule has 0 spiro atoms. The van der Waals surface area contributed by atoms with Crippen molar-refractivity contribution in [1.82, 2.24) is 4.98 Å². The van der Waals surface area contributed by atoms with Gasteiger partial charge in [-0.2, -0.15) is 0 Å². The fourth-order valence-electron chi connectivity index (χ4n) is 3.17. The molecule has 0 saturated heterocycles. The Labute approximate surface area is 182 Å². The van der Waals surface area contributed by atoms with Gasteiger partial charge in [0.2, 0.25) is 0 Å². The molecule has 0 aliphatic heterocycles. The minimum atomic E-state index is -0.193. The van der Waals surface area contributed by atoms with E-state index in [2.05, 4.69) is 35.9 Å². The Morgan fingerprint density at radius 3 is 2.30 bits per heavy atom. The predicted octanol–water partition coefficient (Wildman–Crippen LogP) is 5.19. The molecular weight excluding hydrogens is 398 g/mol. The van der Waals surface area contributed by atoms with E-state index in [0.717, 1.165) is 18.7 Å². The van der Waals surface area contributed by atoms with Crippen LogP contribution in [0, 0.1) is 0 Å². The summed E-state index contributed by atoms with van der Waals surface area (Å²) in [4.78, 5) is 21.3.